The van der Waals surface area contributed by atoms with Crippen molar-refractivity contribution in [1.82, 2.24) is 4.98 Å². The quantitative estimate of drug-likeness (QED) is 0.387. The van der Waals surface area contributed by atoms with Crippen LogP contribution in [0.5, 0.6) is 5.75 Å². The van der Waals surface area contributed by atoms with Crippen LogP contribution in [0.25, 0.3) is 11.0 Å². The number of thiazole rings is 1. The van der Waals surface area contributed by atoms with Crippen LogP contribution in [0.3, 0.4) is 0 Å². The Bertz CT molecular complexity index is 1410. The minimum Gasteiger partial charge on any atom is -0.494 e. The number of carbonyl (C=O) groups excluding carboxylic acids is 1. The molecule has 1 atom stereocenters. The van der Waals surface area contributed by atoms with E-state index in [0.29, 0.717) is 39.0 Å². The van der Waals surface area contributed by atoms with Gasteiger partial charge >= 0.3 is 0 Å². The molecule has 0 N–H and O–H groups in total. The van der Waals surface area contributed by atoms with Gasteiger partial charge in [0.25, 0.3) is 5.91 Å². The smallest absolute Gasteiger partial charge is 0.297 e. The summed E-state index contributed by atoms with van der Waals surface area (Å²) < 4.78 is 11.5. The molecule has 1 aliphatic heterocycles. The molecular weight excluding hydrogens is 448 g/mol. The van der Waals surface area contributed by atoms with Crippen LogP contribution in [0, 0.1) is 13.8 Å². The molecule has 32 heavy (non-hydrogen) atoms. The standard InChI is InChI=1S/C24H19ClN2O4S/c1-4-30-16-8-5-14(6-9-16)20-19-21(28)17-11-15(25)7-10-18(17)31-22(19)23(29)27(20)24-26-12(2)13(3)32-24/h5-11,20H,4H2,1-3H3. The average Bonchev–Trinajstić information content (AvgIpc) is 3.26. The molecule has 1 aliphatic rings. The molecule has 0 aliphatic carbocycles. The summed E-state index contributed by atoms with van der Waals surface area (Å²) in [5.41, 5.74) is 1.95. The van der Waals surface area contributed by atoms with Crippen LogP contribution in [-0.4, -0.2) is 17.5 Å². The summed E-state index contributed by atoms with van der Waals surface area (Å²) in [6.07, 6.45) is 0. The van der Waals surface area contributed by atoms with Crippen LogP contribution in [-0.2, 0) is 0 Å². The van der Waals surface area contributed by atoms with Crippen LogP contribution < -0.4 is 15.1 Å². The largest absolute Gasteiger partial charge is 0.494 e. The fourth-order valence-electron chi connectivity index (χ4n) is 3.93. The van der Waals surface area contributed by atoms with Gasteiger partial charge in [-0.25, -0.2) is 4.98 Å². The maximum Gasteiger partial charge on any atom is 0.297 e. The maximum absolute atomic E-state index is 13.6. The highest BCUT2D eigenvalue weighted by atomic mass is 35.5. The number of benzene rings is 2. The van der Waals surface area contributed by atoms with E-state index in [0.717, 1.165) is 16.1 Å². The second-order valence-corrected chi connectivity index (χ2v) is 9.15. The SMILES string of the molecule is CCOc1ccc(C2c3c(oc4ccc(Cl)cc4c3=O)C(=O)N2c2nc(C)c(C)s2)cc1. The van der Waals surface area contributed by atoms with Crippen LogP contribution in [0.1, 0.15) is 45.2 Å². The number of anilines is 1. The summed E-state index contributed by atoms with van der Waals surface area (Å²) in [6, 6.07) is 11.5. The molecule has 0 radical (unpaired) electrons. The summed E-state index contributed by atoms with van der Waals surface area (Å²) in [7, 11) is 0. The predicted octanol–water partition coefficient (Wildman–Crippen LogP) is 5.67. The Morgan fingerprint density at radius 2 is 1.91 bits per heavy atom. The first kappa shape index (κ1) is 20.7. The summed E-state index contributed by atoms with van der Waals surface area (Å²) in [5, 5.41) is 1.29. The fraction of sp³-hybridized carbons (Fsp3) is 0.208. The molecule has 6 nitrogen and oxygen atoms in total. The van der Waals surface area contributed by atoms with Crippen molar-refractivity contribution in [3.05, 3.63) is 85.2 Å². The molecule has 5 rings (SSSR count). The lowest BCUT2D eigenvalue weighted by atomic mass is 9.98. The van der Waals surface area contributed by atoms with Crippen molar-refractivity contribution in [1.29, 1.82) is 0 Å². The molecule has 0 saturated carbocycles. The Hall–Kier alpha value is -3.16. The molecule has 4 aromatic rings. The van der Waals surface area contributed by atoms with Crippen LogP contribution in [0.15, 0.2) is 51.7 Å². The minimum absolute atomic E-state index is 0.0363. The van der Waals surface area contributed by atoms with Gasteiger partial charge < -0.3 is 9.15 Å². The minimum atomic E-state index is -0.669. The Balaban J connectivity index is 1.77. The highest BCUT2D eigenvalue weighted by molar-refractivity contribution is 7.15. The first-order valence-corrected chi connectivity index (χ1v) is 11.3. The fourth-order valence-corrected chi connectivity index (χ4v) is 5.04. The number of nitrogens with zero attached hydrogens (tertiary/aromatic N) is 2. The summed E-state index contributed by atoms with van der Waals surface area (Å²) in [6.45, 7) is 6.31. The highest BCUT2D eigenvalue weighted by Crippen LogP contribution is 2.43. The normalized spacial score (nSPS) is 15.4. The van der Waals surface area contributed by atoms with Gasteiger partial charge in [0.15, 0.2) is 10.6 Å². The molecule has 1 amide bonds. The van der Waals surface area contributed by atoms with E-state index in [4.69, 9.17) is 20.8 Å². The Morgan fingerprint density at radius 3 is 2.56 bits per heavy atom. The topological polar surface area (TPSA) is 72.6 Å². The number of ether oxygens (including phenoxy) is 1. The van der Waals surface area contributed by atoms with Crippen LogP contribution in [0.2, 0.25) is 5.02 Å². The number of halogens is 1. The van der Waals surface area contributed by atoms with Gasteiger partial charge in [-0.05, 0) is 56.7 Å². The second-order valence-electron chi connectivity index (χ2n) is 7.53. The van der Waals surface area contributed by atoms with E-state index in [1.807, 2.05) is 45.0 Å². The first-order chi connectivity index (χ1) is 15.4. The lowest BCUT2D eigenvalue weighted by molar-refractivity contribution is 0.0971. The molecule has 2 aromatic carbocycles. The first-order valence-electron chi connectivity index (χ1n) is 10.2. The molecule has 0 saturated heterocycles. The average molecular weight is 467 g/mol. The summed E-state index contributed by atoms with van der Waals surface area (Å²) >= 11 is 7.55. The van der Waals surface area contributed by atoms with E-state index < -0.39 is 6.04 Å². The lowest BCUT2D eigenvalue weighted by Crippen LogP contribution is -2.29. The van der Waals surface area contributed by atoms with Gasteiger partial charge in [-0.2, -0.15) is 0 Å². The number of aromatic nitrogens is 1. The third kappa shape index (κ3) is 3.20. The molecular formula is C24H19ClN2O4S. The Labute approximate surface area is 193 Å². The van der Waals surface area contributed by atoms with Gasteiger partial charge in [-0.15, -0.1) is 11.3 Å². The molecule has 8 heteroatoms. The van der Waals surface area contributed by atoms with Gasteiger partial charge in [-0.1, -0.05) is 23.7 Å². The van der Waals surface area contributed by atoms with Gasteiger partial charge in [0.05, 0.1) is 29.3 Å². The van der Waals surface area contributed by atoms with E-state index in [-0.39, 0.29) is 17.1 Å². The monoisotopic (exact) mass is 466 g/mol. The number of hydrogen-bond acceptors (Lipinski definition) is 6. The molecule has 0 fully saturated rings. The lowest BCUT2D eigenvalue weighted by Gasteiger charge is -2.22. The molecule has 0 bridgehead atoms. The summed E-state index contributed by atoms with van der Waals surface area (Å²) in [4.78, 5) is 34.3. The number of carbonyl (C=O) groups is 1. The van der Waals surface area contributed by atoms with Crippen molar-refractivity contribution in [2.75, 3.05) is 11.5 Å². The van der Waals surface area contributed by atoms with Gasteiger partial charge in [-0.3, -0.25) is 14.5 Å². The van der Waals surface area contributed by atoms with Crippen molar-refractivity contribution in [3.63, 3.8) is 0 Å². The van der Waals surface area contributed by atoms with Crippen LogP contribution in [0.4, 0.5) is 5.13 Å². The molecule has 1 unspecified atom stereocenters. The number of hydrogen-bond donors (Lipinski definition) is 0. The molecule has 2 aromatic heterocycles. The predicted molar refractivity (Wildman–Crippen MR) is 125 cm³/mol. The summed E-state index contributed by atoms with van der Waals surface area (Å²) in [5.74, 6) is 0.362. The second kappa shape index (κ2) is 7.76. The third-order valence-corrected chi connectivity index (χ3v) is 6.87. The highest BCUT2D eigenvalue weighted by Gasteiger charge is 2.45. The van der Waals surface area contributed by atoms with E-state index >= 15 is 0 Å². The van der Waals surface area contributed by atoms with Gasteiger partial charge in [0.2, 0.25) is 5.76 Å². The van der Waals surface area contributed by atoms with Gasteiger partial charge in [0.1, 0.15) is 11.3 Å². The maximum atomic E-state index is 13.6. The number of aryl methyl sites for hydroxylation is 2. The van der Waals surface area contributed by atoms with E-state index in [9.17, 15) is 9.59 Å². The third-order valence-electron chi connectivity index (χ3n) is 5.56. The van der Waals surface area contributed by atoms with Crippen LogP contribution >= 0.6 is 22.9 Å². The molecule has 3 heterocycles. The molecule has 0 spiro atoms. The van der Waals surface area contributed by atoms with Crippen molar-refractivity contribution in [2.45, 2.75) is 26.8 Å². The zero-order chi connectivity index (χ0) is 22.6. The van der Waals surface area contributed by atoms with Crippen molar-refractivity contribution in [3.8, 4) is 5.75 Å². The Morgan fingerprint density at radius 1 is 1.16 bits per heavy atom. The number of fused-ring (bicyclic) bond motifs is 2. The van der Waals surface area contributed by atoms with Crippen molar-refractivity contribution < 1.29 is 13.9 Å². The number of rotatable bonds is 4. The zero-order valence-electron chi connectivity index (χ0n) is 17.6. The van der Waals surface area contributed by atoms with E-state index in [2.05, 4.69) is 4.98 Å². The van der Waals surface area contributed by atoms with Crippen molar-refractivity contribution in [2.24, 2.45) is 0 Å². The zero-order valence-corrected chi connectivity index (χ0v) is 19.2. The van der Waals surface area contributed by atoms with Gasteiger partial charge in [0, 0.05) is 9.90 Å². The van der Waals surface area contributed by atoms with E-state index in [1.54, 1.807) is 23.1 Å². The van der Waals surface area contributed by atoms with E-state index in [1.165, 1.54) is 11.3 Å². The Kier molecular flexibility index (Phi) is 5.03. The molecule has 162 valence electrons. The number of amides is 1. The van der Waals surface area contributed by atoms with Crippen molar-refractivity contribution >= 4 is 44.9 Å².